The minimum absolute atomic E-state index is 0. The van der Waals surface area contributed by atoms with E-state index in [1.165, 1.54) is 0 Å². The van der Waals surface area contributed by atoms with E-state index in [0.29, 0.717) is 5.56 Å². The highest BCUT2D eigenvalue weighted by Gasteiger charge is 2.07. The Labute approximate surface area is 93.9 Å². The molecule has 1 N–H and O–H groups in total. The predicted molar refractivity (Wildman–Crippen MR) is 62.4 cm³/mol. The molecule has 4 heteroatoms. The number of fused-ring (bicyclic) bond motifs is 1. The molecule has 0 fully saturated rings. The molecule has 0 aliphatic heterocycles. The van der Waals surface area contributed by atoms with E-state index in [9.17, 15) is 4.79 Å². The molecule has 0 aliphatic rings. The zero-order chi connectivity index (χ0) is 9.97. The van der Waals surface area contributed by atoms with Gasteiger partial charge in [-0.3, -0.25) is 9.78 Å². The third-order valence-electron chi connectivity index (χ3n) is 2.12. The molecule has 0 unspecified atom stereocenters. The minimum atomic E-state index is -0.0800. The fourth-order valence-corrected chi connectivity index (χ4v) is 1.43. The third kappa shape index (κ3) is 2.07. The number of para-hydroxylation sites is 1. The zero-order valence-corrected chi connectivity index (χ0v) is 9.04. The van der Waals surface area contributed by atoms with Crippen molar-refractivity contribution in [1.29, 1.82) is 0 Å². The van der Waals surface area contributed by atoms with Gasteiger partial charge >= 0.3 is 0 Å². The maximum absolute atomic E-state index is 11.5. The van der Waals surface area contributed by atoms with Crippen LogP contribution in [0.4, 0.5) is 0 Å². The third-order valence-corrected chi connectivity index (χ3v) is 2.12. The maximum atomic E-state index is 11.5. The van der Waals surface area contributed by atoms with Crippen molar-refractivity contribution in [3.8, 4) is 0 Å². The number of nitrogens with one attached hydrogen (secondary N) is 1. The Balaban J connectivity index is 0.00000112. The molecule has 0 aliphatic carbocycles. The van der Waals surface area contributed by atoms with E-state index in [0.717, 1.165) is 10.9 Å². The van der Waals surface area contributed by atoms with Crippen LogP contribution in [0.2, 0.25) is 0 Å². The number of benzene rings is 1. The van der Waals surface area contributed by atoms with E-state index < -0.39 is 0 Å². The molecule has 1 heterocycles. The van der Waals surface area contributed by atoms with Crippen molar-refractivity contribution < 1.29 is 4.79 Å². The number of nitrogens with zero attached hydrogens (tertiary/aromatic N) is 1. The number of aromatic nitrogens is 1. The van der Waals surface area contributed by atoms with Gasteiger partial charge in [-0.25, -0.2) is 0 Å². The Bertz CT molecular complexity index is 479. The number of rotatable bonds is 1. The first-order chi connectivity index (χ1) is 6.83. The number of hydrogen-bond acceptors (Lipinski definition) is 2. The summed E-state index contributed by atoms with van der Waals surface area (Å²) < 4.78 is 0. The number of carbonyl (C=O) groups is 1. The predicted octanol–water partition coefficient (Wildman–Crippen LogP) is 2.02. The van der Waals surface area contributed by atoms with Gasteiger partial charge in [0.05, 0.1) is 11.1 Å². The van der Waals surface area contributed by atoms with Crippen LogP contribution < -0.4 is 5.32 Å². The first-order valence-corrected chi connectivity index (χ1v) is 4.39. The van der Waals surface area contributed by atoms with Crippen LogP contribution in [0.15, 0.2) is 36.5 Å². The minimum Gasteiger partial charge on any atom is -0.355 e. The van der Waals surface area contributed by atoms with E-state index in [-0.39, 0.29) is 18.3 Å². The van der Waals surface area contributed by atoms with Crippen LogP contribution >= 0.6 is 12.4 Å². The lowest BCUT2D eigenvalue weighted by atomic mass is 10.1. The number of carbonyl (C=O) groups excluding carboxylic acids is 1. The van der Waals surface area contributed by atoms with Gasteiger partial charge in [0.1, 0.15) is 0 Å². The molecule has 15 heavy (non-hydrogen) atoms. The summed E-state index contributed by atoms with van der Waals surface area (Å²) >= 11 is 0. The van der Waals surface area contributed by atoms with Gasteiger partial charge in [-0.1, -0.05) is 18.2 Å². The molecule has 0 bridgehead atoms. The summed E-state index contributed by atoms with van der Waals surface area (Å²) in [5, 5.41) is 3.49. The summed E-state index contributed by atoms with van der Waals surface area (Å²) in [6.45, 7) is 0. The van der Waals surface area contributed by atoms with Crippen molar-refractivity contribution in [2.24, 2.45) is 0 Å². The molecule has 0 spiro atoms. The Morgan fingerprint density at radius 3 is 2.73 bits per heavy atom. The average molecular weight is 223 g/mol. The van der Waals surface area contributed by atoms with Gasteiger partial charge < -0.3 is 5.32 Å². The summed E-state index contributed by atoms with van der Waals surface area (Å²) in [4.78, 5) is 15.7. The van der Waals surface area contributed by atoms with Crippen LogP contribution in [0.25, 0.3) is 10.9 Å². The lowest BCUT2D eigenvalue weighted by Gasteiger charge is -2.03. The molecule has 0 saturated carbocycles. The molecule has 2 aromatic rings. The van der Waals surface area contributed by atoms with Crippen molar-refractivity contribution in [3.05, 3.63) is 42.1 Å². The number of pyridine rings is 1. The Morgan fingerprint density at radius 2 is 2.00 bits per heavy atom. The maximum Gasteiger partial charge on any atom is 0.251 e. The molecule has 0 saturated heterocycles. The summed E-state index contributed by atoms with van der Waals surface area (Å²) in [5.41, 5.74) is 1.51. The van der Waals surface area contributed by atoms with Crippen molar-refractivity contribution in [1.82, 2.24) is 10.3 Å². The molecular formula is C11H11ClN2O. The molecule has 2 rings (SSSR count). The summed E-state index contributed by atoms with van der Waals surface area (Å²) in [5.74, 6) is -0.0800. The van der Waals surface area contributed by atoms with Gasteiger partial charge in [0.25, 0.3) is 5.91 Å². The largest absolute Gasteiger partial charge is 0.355 e. The lowest BCUT2D eigenvalue weighted by Crippen LogP contribution is -2.18. The van der Waals surface area contributed by atoms with Gasteiger partial charge in [-0.05, 0) is 12.1 Å². The van der Waals surface area contributed by atoms with E-state index >= 15 is 0 Å². The Morgan fingerprint density at radius 1 is 1.27 bits per heavy atom. The van der Waals surface area contributed by atoms with E-state index in [2.05, 4.69) is 10.3 Å². The number of halogens is 1. The highest BCUT2D eigenvalue weighted by Crippen LogP contribution is 2.15. The second-order valence-electron chi connectivity index (χ2n) is 2.95. The quantitative estimate of drug-likeness (QED) is 0.802. The lowest BCUT2D eigenvalue weighted by molar-refractivity contribution is 0.0964. The fraction of sp³-hybridized carbons (Fsp3) is 0.0909. The van der Waals surface area contributed by atoms with Gasteiger partial charge in [0.15, 0.2) is 0 Å². The van der Waals surface area contributed by atoms with Crippen LogP contribution in [0, 0.1) is 0 Å². The van der Waals surface area contributed by atoms with Crippen LogP contribution in [0.3, 0.4) is 0 Å². The highest BCUT2D eigenvalue weighted by molar-refractivity contribution is 6.05. The van der Waals surface area contributed by atoms with Gasteiger partial charge in [0.2, 0.25) is 0 Å². The molecular weight excluding hydrogens is 212 g/mol. The molecule has 0 atom stereocenters. The standard InChI is InChI=1S/C11H10N2O.ClH/c1-12-11(14)9-6-7-13-10-5-3-2-4-8(9)10;/h2-7H,1H3,(H,12,14);1H. The molecule has 0 radical (unpaired) electrons. The normalized spacial score (nSPS) is 9.40. The van der Waals surface area contributed by atoms with Crippen molar-refractivity contribution in [2.45, 2.75) is 0 Å². The Hall–Kier alpha value is -1.61. The molecule has 1 aromatic heterocycles. The van der Waals surface area contributed by atoms with Crippen LogP contribution in [-0.2, 0) is 0 Å². The SMILES string of the molecule is CNC(=O)c1ccnc2ccccc12.Cl. The monoisotopic (exact) mass is 222 g/mol. The first-order valence-electron chi connectivity index (χ1n) is 4.39. The van der Waals surface area contributed by atoms with Crippen molar-refractivity contribution in [3.63, 3.8) is 0 Å². The molecule has 78 valence electrons. The zero-order valence-electron chi connectivity index (χ0n) is 8.23. The van der Waals surface area contributed by atoms with Gasteiger partial charge in [-0.15, -0.1) is 12.4 Å². The average Bonchev–Trinajstić information content (AvgIpc) is 2.27. The van der Waals surface area contributed by atoms with Crippen LogP contribution in [-0.4, -0.2) is 17.9 Å². The Kier molecular flexibility index (Phi) is 3.63. The summed E-state index contributed by atoms with van der Waals surface area (Å²) in [6, 6.07) is 9.31. The topological polar surface area (TPSA) is 42.0 Å². The van der Waals surface area contributed by atoms with E-state index in [4.69, 9.17) is 0 Å². The number of amides is 1. The molecule has 1 amide bonds. The van der Waals surface area contributed by atoms with E-state index in [1.54, 1.807) is 19.3 Å². The highest BCUT2D eigenvalue weighted by atomic mass is 35.5. The van der Waals surface area contributed by atoms with Gasteiger partial charge in [-0.2, -0.15) is 0 Å². The van der Waals surface area contributed by atoms with E-state index in [1.807, 2.05) is 24.3 Å². The van der Waals surface area contributed by atoms with Crippen LogP contribution in [0.5, 0.6) is 0 Å². The summed E-state index contributed by atoms with van der Waals surface area (Å²) in [6.07, 6.45) is 1.65. The second-order valence-corrected chi connectivity index (χ2v) is 2.95. The van der Waals surface area contributed by atoms with Crippen LogP contribution in [0.1, 0.15) is 10.4 Å². The smallest absolute Gasteiger partial charge is 0.251 e. The molecule has 3 nitrogen and oxygen atoms in total. The number of hydrogen-bond donors (Lipinski definition) is 1. The van der Waals surface area contributed by atoms with Crippen molar-refractivity contribution in [2.75, 3.05) is 7.05 Å². The van der Waals surface area contributed by atoms with Crippen molar-refractivity contribution >= 4 is 29.2 Å². The molecule has 1 aromatic carbocycles. The summed E-state index contributed by atoms with van der Waals surface area (Å²) in [7, 11) is 1.62. The second kappa shape index (κ2) is 4.75. The first kappa shape index (κ1) is 11.5. The fourth-order valence-electron chi connectivity index (χ4n) is 1.43. The van der Waals surface area contributed by atoms with Gasteiger partial charge in [0, 0.05) is 18.6 Å².